The number of carbonyl (C=O) groups is 3. The van der Waals surface area contributed by atoms with E-state index >= 15 is 0 Å². The van der Waals surface area contributed by atoms with Crippen molar-refractivity contribution < 1.29 is 23.9 Å². The number of unbranched alkanes of at least 4 members (excludes halogenated alkanes) is 2. The average Bonchev–Trinajstić information content (AvgIpc) is 3.44. The normalized spacial score (nSPS) is 18.9. The SMILES string of the molecule is CCCCN(CCCC)C(=O)c1cc(C)n(-c2ccc(NC(=O)Cc3nc(-c4ccccc4)oc3C)cc2C(=O)N2CC3=C(CCC=C3)CC23CC3O)n1. The molecule has 11 nitrogen and oxygen atoms in total. The van der Waals surface area contributed by atoms with Crippen molar-refractivity contribution in [3.8, 4) is 17.1 Å². The van der Waals surface area contributed by atoms with Crippen LogP contribution in [-0.4, -0.2) is 78.7 Å². The highest BCUT2D eigenvalue weighted by atomic mass is 16.4. The number of nitrogens with one attached hydrogen (secondary N) is 1. The summed E-state index contributed by atoms with van der Waals surface area (Å²) in [6.45, 7) is 9.58. The van der Waals surface area contributed by atoms with Crippen LogP contribution in [0.1, 0.15) is 103 Å². The number of aliphatic hydroxyl groups excluding tert-OH is 1. The van der Waals surface area contributed by atoms with Crippen LogP contribution in [0.4, 0.5) is 5.69 Å². The van der Waals surface area contributed by atoms with Gasteiger partial charge in [-0.05, 0) is 87.9 Å². The molecule has 2 aromatic carbocycles. The number of benzene rings is 2. The smallest absolute Gasteiger partial charge is 0.274 e. The van der Waals surface area contributed by atoms with Gasteiger partial charge in [0.05, 0.1) is 35.0 Å². The number of amides is 3. The van der Waals surface area contributed by atoms with Crippen LogP contribution in [0.15, 0.2) is 82.3 Å². The van der Waals surface area contributed by atoms with Gasteiger partial charge < -0.3 is 24.6 Å². The monoisotopic (exact) mass is 730 g/mol. The van der Waals surface area contributed by atoms with Gasteiger partial charge in [-0.25, -0.2) is 9.67 Å². The molecule has 1 fully saturated rings. The molecule has 0 bridgehead atoms. The van der Waals surface area contributed by atoms with E-state index in [1.165, 1.54) is 5.57 Å². The fourth-order valence-corrected chi connectivity index (χ4v) is 7.72. The van der Waals surface area contributed by atoms with Crippen LogP contribution in [0.25, 0.3) is 17.1 Å². The summed E-state index contributed by atoms with van der Waals surface area (Å²) in [5.74, 6) is 0.297. The molecule has 1 saturated carbocycles. The topological polar surface area (TPSA) is 134 Å². The van der Waals surface area contributed by atoms with Crippen LogP contribution in [0, 0.1) is 13.8 Å². The lowest BCUT2D eigenvalue weighted by Gasteiger charge is -2.40. The Morgan fingerprint density at radius 1 is 1.04 bits per heavy atom. The van der Waals surface area contributed by atoms with Gasteiger partial charge in [-0.1, -0.05) is 62.6 Å². The maximum atomic E-state index is 14.9. The molecule has 2 aliphatic carbocycles. The van der Waals surface area contributed by atoms with Crippen molar-refractivity contribution in [2.75, 3.05) is 25.0 Å². The fraction of sp³-hybridized carbons (Fsp3) is 0.419. The highest BCUT2D eigenvalue weighted by Gasteiger charge is 2.61. The van der Waals surface area contributed by atoms with Crippen LogP contribution in [0.2, 0.25) is 0 Å². The number of aryl methyl sites for hydroxylation is 2. The van der Waals surface area contributed by atoms with Crippen molar-refractivity contribution in [2.24, 2.45) is 0 Å². The Hall–Kier alpha value is -5.29. The van der Waals surface area contributed by atoms with Gasteiger partial charge in [0, 0.05) is 43.0 Å². The summed E-state index contributed by atoms with van der Waals surface area (Å²) >= 11 is 0. The summed E-state index contributed by atoms with van der Waals surface area (Å²) in [6, 6.07) is 16.5. The van der Waals surface area contributed by atoms with Crippen LogP contribution >= 0.6 is 0 Å². The molecule has 1 spiro atoms. The molecular formula is C43H50N6O5. The second-order valence-corrected chi connectivity index (χ2v) is 14.9. The van der Waals surface area contributed by atoms with Crippen LogP contribution in [0.3, 0.4) is 0 Å². The zero-order valence-electron chi connectivity index (χ0n) is 31.7. The van der Waals surface area contributed by atoms with E-state index in [1.54, 1.807) is 35.9 Å². The Labute approximate surface area is 316 Å². The Morgan fingerprint density at radius 3 is 2.48 bits per heavy atom. The Morgan fingerprint density at radius 2 is 1.78 bits per heavy atom. The first kappa shape index (κ1) is 37.0. The lowest BCUT2D eigenvalue weighted by atomic mass is 9.85. The van der Waals surface area contributed by atoms with Gasteiger partial charge in [-0.2, -0.15) is 5.10 Å². The summed E-state index contributed by atoms with van der Waals surface area (Å²) in [6.07, 6.45) is 10.4. The summed E-state index contributed by atoms with van der Waals surface area (Å²) in [5.41, 5.74) is 5.37. The number of aromatic nitrogens is 3. The number of rotatable bonds is 13. The molecule has 2 aromatic heterocycles. The van der Waals surface area contributed by atoms with Gasteiger partial charge >= 0.3 is 0 Å². The highest BCUT2D eigenvalue weighted by Crippen LogP contribution is 2.52. The van der Waals surface area contributed by atoms with E-state index in [0.29, 0.717) is 78.1 Å². The Balaban J connectivity index is 1.21. The lowest BCUT2D eigenvalue weighted by Crippen LogP contribution is -2.49. The highest BCUT2D eigenvalue weighted by molar-refractivity contribution is 6.01. The number of aliphatic hydroxyl groups is 1. The molecule has 11 heteroatoms. The van der Waals surface area contributed by atoms with E-state index in [0.717, 1.165) is 49.7 Å². The largest absolute Gasteiger partial charge is 0.441 e. The van der Waals surface area contributed by atoms with E-state index in [9.17, 15) is 19.5 Å². The first-order chi connectivity index (χ1) is 26.1. The first-order valence-electron chi connectivity index (χ1n) is 19.3. The van der Waals surface area contributed by atoms with Crippen LogP contribution < -0.4 is 5.32 Å². The van der Waals surface area contributed by atoms with Gasteiger partial charge in [0.15, 0.2) is 5.69 Å². The van der Waals surface area contributed by atoms with Gasteiger partial charge in [0.25, 0.3) is 11.8 Å². The molecule has 54 heavy (non-hydrogen) atoms. The molecule has 4 aromatic rings. The number of hydrogen-bond acceptors (Lipinski definition) is 7. The Bertz CT molecular complexity index is 2100. The zero-order chi connectivity index (χ0) is 38.0. The number of anilines is 1. The predicted molar refractivity (Wildman–Crippen MR) is 207 cm³/mol. The molecule has 0 saturated heterocycles. The predicted octanol–water partition coefficient (Wildman–Crippen LogP) is 7.36. The first-order valence-corrected chi connectivity index (χ1v) is 19.3. The van der Waals surface area contributed by atoms with Crippen LogP contribution in [-0.2, 0) is 11.2 Å². The number of allylic oxidation sites excluding steroid dienone is 1. The minimum Gasteiger partial charge on any atom is -0.441 e. The second kappa shape index (κ2) is 15.6. The third-order valence-electron chi connectivity index (χ3n) is 11.0. The molecule has 3 heterocycles. The third kappa shape index (κ3) is 7.42. The van der Waals surface area contributed by atoms with Crippen molar-refractivity contribution in [1.82, 2.24) is 24.6 Å². The van der Waals surface area contributed by atoms with Gasteiger partial charge in [0.1, 0.15) is 5.76 Å². The van der Waals surface area contributed by atoms with Crippen molar-refractivity contribution in [3.05, 3.63) is 106 Å². The summed E-state index contributed by atoms with van der Waals surface area (Å²) in [4.78, 5) is 50.4. The van der Waals surface area contributed by atoms with E-state index in [1.807, 2.05) is 47.1 Å². The summed E-state index contributed by atoms with van der Waals surface area (Å²) in [5, 5.41) is 18.8. The number of nitrogens with zero attached hydrogens (tertiary/aromatic N) is 5. The summed E-state index contributed by atoms with van der Waals surface area (Å²) < 4.78 is 7.53. The van der Waals surface area contributed by atoms with Gasteiger partial charge in [0.2, 0.25) is 11.8 Å². The molecular weight excluding hydrogens is 681 g/mol. The molecule has 2 atom stereocenters. The third-order valence-corrected chi connectivity index (χ3v) is 11.0. The fourth-order valence-electron chi connectivity index (χ4n) is 7.72. The standard InChI is InChI=1S/C43H50N6O5/c1-5-7-20-47(21-8-6-2)42(53)36-22-28(3)49(46-36)37-19-18-33(44-39(51)24-35-29(4)54-40(45-35)30-14-10-9-11-15-30)23-34(37)41(52)48-27-32-17-13-12-16-31(32)25-43(48)26-38(43)50/h9-11,13-15,17-19,22-23,38,50H,5-8,12,16,20-21,24-27H2,1-4H3,(H,44,51). The molecule has 282 valence electrons. The molecule has 2 unspecified atom stereocenters. The van der Waals surface area contributed by atoms with Crippen molar-refractivity contribution in [3.63, 3.8) is 0 Å². The number of carbonyl (C=O) groups excluding carboxylic acids is 3. The minimum absolute atomic E-state index is 0.0197. The van der Waals surface area contributed by atoms with Crippen molar-refractivity contribution in [1.29, 1.82) is 0 Å². The van der Waals surface area contributed by atoms with E-state index in [2.05, 4.69) is 36.3 Å². The maximum Gasteiger partial charge on any atom is 0.274 e. The molecule has 7 rings (SSSR count). The lowest BCUT2D eigenvalue weighted by molar-refractivity contribution is -0.115. The van der Waals surface area contributed by atoms with E-state index < -0.39 is 11.6 Å². The minimum atomic E-state index is -0.669. The molecule has 0 radical (unpaired) electrons. The maximum absolute atomic E-state index is 14.9. The van der Waals surface area contributed by atoms with E-state index in [-0.39, 0.29) is 24.1 Å². The van der Waals surface area contributed by atoms with E-state index in [4.69, 9.17) is 9.52 Å². The van der Waals surface area contributed by atoms with Gasteiger partial charge in [-0.3, -0.25) is 14.4 Å². The number of hydrogen-bond donors (Lipinski definition) is 2. The zero-order valence-corrected chi connectivity index (χ0v) is 31.7. The average molecular weight is 731 g/mol. The Kier molecular flexibility index (Phi) is 10.7. The van der Waals surface area contributed by atoms with Crippen molar-refractivity contribution in [2.45, 2.75) is 97.1 Å². The van der Waals surface area contributed by atoms with Crippen LogP contribution in [0.5, 0.6) is 0 Å². The van der Waals surface area contributed by atoms with Crippen molar-refractivity contribution >= 4 is 23.4 Å². The second-order valence-electron chi connectivity index (χ2n) is 14.9. The molecule has 3 aliphatic rings. The summed E-state index contributed by atoms with van der Waals surface area (Å²) in [7, 11) is 0. The molecule has 1 aliphatic heterocycles. The van der Waals surface area contributed by atoms with Gasteiger partial charge in [-0.15, -0.1) is 0 Å². The molecule has 3 amide bonds. The molecule has 2 N–H and O–H groups in total. The number of oxazole rings is 1. The quantitative estimate of drug-likeness (QED) is 0.147.